The van der Waals surface area contributed by atoms with Crippen molar-refractivity contribution in [2.24, 2.45) is 0 Å². The molecular formula is C15H12BrN3O2. The van der Waals surface area contributed by atoms with E-state index in [0.29, 0.717) is 10.0 Å². The van der Waals surface area contributed by atoms with Gasteiger partial charge in [-0.15, -0.1) is 0 Å². The quantitative estimate of drug-likeness (QED) is 0.657. The zero-order chi connectivity index (χ0) is 15.4. The zero-order valence-corrected chi connectivity index (χ0v) is 12.8. The second-order valence-electron chi connectivity index (χ2n) is 4.52. The Labute approximate surface area is 130 Å². The fraction of sp³-hybridized carbons (Fsp3) is 0.133. The summed E-state index contributed by atoms with van der Waals surface area (Å²) in [6.45, 7) is 1.98. The Bertz CT molecular complexity index is 708. The van der Waals surface area contributed by atoms with E-state index in [-0.39, 0.29) is 11.7 Å². The number of anilines is 1. The third-order valence-electron chi connectivity index (χ3n) is 3.07. The molecule has 1 N–H and O–H groups in total. The molecule has 0 saturated heterocycles. The standard InChI is InChI=1S/C15H12BrN3O2/c1-10(12-4-2-11(9-17)3-5-12)18-13-6-7-15(19(20)21)14(16)8-13/h2-8,10,18H,1H3. The van der Waals surface area contributed by atoms with Gasteiger partial charge in [-0.05, 0) is 52.7 Å². The van der Waals surface area contributed by atoms with Crippen LogP contribution in [0.25, 0.3) is 0 Å². The lowest BCUT2D eigenvalue weighted by atomic mass is 10.1. The van der Waals surface area contributed by atoms with E-state index in [1.807, 2.05) is 19.1 Å². The lowest BCUT2D eigenvalue weighted by Gasteiger charge is -2.16. The van der Waals surface area contributed by atoms with Gasteiger partial charge in [-0.3, -0.25) is 10.1 Å². The summed E-state index contributed by atoms with van der Waals surface area (Å²) in [5.41, 5.74) is 2.46. The van der Waals surface area contributed by atoms with Crippen molar-refractivity contribution in [1.82, 2.24) is 0 Å². The smallest absolute Gasteiger partial charge is 0.283 e. The summed E-state index contributed by atoms with van der Waals surface area (Å²) in [5.74, 6) is 0. The fourth-order valence-electron chi connectivity index (χ4n) is 1.92. The van der Waals surface area contributed by atoms with Crippen LogP contribution in [0.15, 0.2) is 46.9 Å². The van der Waals surface area contributed by atoms with E-state index < -0.39 is 4.92 Å². The SMILES string of the molecule is CC(Nc1ccc([N+](=O)[O-])c(Br)c1)c1ccc(C#N)cc1. The molecule has 0 aliphatic rings. The van der Waals surface area contributed by atoms with Crippen LogP contribution in [-0.2, 0) is 0 Å². The molecule has 2 rings (SSSR count). The third kappa shape index (κ3) is 3.58. The van der Waals surface area contributed by atoms with Gasteiger partial charge in [-0.1, -0.05) is 12.1 Å². The maximum Gasteiger partial charge on any atom is 0.283 e. The van der Waals surface area contributed by atoms with Crippen LogP contribution in [0, 0.1) is 21.4 Å². The third-order valence-corrected chi connectivity index (χ3v) is 3.70. The number of hydrogen-bond donors (Lipinski definition) is 1. The molecule has 21 heavy (non-hydrogen) atoms. The number of nitrogens with one attached hydrogen (secondary N) is 1. The Morgan fingerprint density at radius 2 is 1.95 bits per heavy atom. The highest BCUT2D eigenvalue weighted by molar-refractivity contribution is 9.10. The summed E-state index contributed by atoms with van der Waals surface area (Å²) in [4.78, 5) is 10.3. The van der Waals surface area contributed by atoms with E-state index in [0.717, 1.165) is 11.3 Å². The number of rotatable bonds is 4. The number of nitrogens with zero attached hydrogens (tertiary/aromatic N) is 2. The minimum atomic E-state index is -0.433. The van der Waals surface area contributed by atoms with Gasteiger partial charge in [0.15, 0.2) is 0 Å². The van der Waals surface area contributed by atoms with Crippen LogP contribution in [0.4, 0.5) is 11.4 Å². The number of nitro groups is 1. The summed E-state index contributed by atoms with van der Waals surface area (Å²) in [7, 11) is 0. The molecule has 106 valence electrons. The summed E-state index contributed by atoms with van der Waals surface area (Å²) in [6, 6.07) is 14.2. The Hall–Kier alpha value is -2.39. The van der Waals surface area contributed by atoms with Crippen LogP contribution in [0.1, 0.15) is 24.1 Å². The van der Waals surface area contributed by atoms with Gasteiger partial charge in [0.2, 0.25) is 0 Å². The molecule has 5 nitrogen and oxygen atoms in total. The molecule has 0 aliphatic heterocycles. The van der Waals surface area contributed by atoms with Crippen molar-refractivity contribution < 1.29 is 4.92 Å². The first-order chi connectivity index (χ1) is 10.0. The van der Waals surface area contributed by atoms with Gasteiger partial charge < -0.3 is 5.32 Å². The summed E-state index contributed by atoms with van der Waals surface area (Å²) >= 11 is 3.20. The van der Waals surface area contributed by atoms with E-state index in [4.69, 9.17) is 5.26 Å². The predicted octanol–water partition coefficient (Wildman–Crippen LogP) is 4.40. The van der Waals surface area contributed by atoms with Gasteiger partial charge in [0.1, 0.15) is 0 Å². The Kier molecular flexibility index (Phi) is 4.55. The summed E-state index contributed by atoms with van der Waals surface area (Å²) in [5, 5.41) is 22.8. The summed E-state index contributed by atoms with van der Waals surface area (Å²) < 4.78 is 0.435. The van der Waals surface area contributed by atoms with Crippen molar-refractivity contribution in [2.75, 3.05) is 5.32 Å². The molecule has 0 aromatic heterocycles. The van der Waals surface area contributed by atoms with Gasteiger partial charge in [0, 0.05) is 17.8 Å². The van der Waals surface area contributed by atoms with Gasteiger partial charge in [0.25, 0.3) is 5.69 Å². The van der Waals surface area contributed by atoms with Gasteiger partial charge in [-0.25, -0.2) is 0 Å². The maximum atomic E-state index is 10.8. The second-order valence-corrected chi connectivity index (χ2v) is 5.38. The largest absolute Gasteiger partial charge is 0.378 e. The number of benzene rings is 2. The van der Waals surface area contributed by atoms with Crippen molar-refractivity contribution in [1.29, 1.82) is 5.26 Å². The lowest BCUT2D eigenvalue weighted by Crippen LogP contribution is -2.06. The summed E-state index contributed by atoms with van der Waals surface area (Å²) in [6.07, 6.45) is 0. The molecular weight excluding hydrogens is 334 g/mol. The molecule has 0 bridgehead atoms. The van der Waals surface area contributed by atoms with E-state index in [9.17, 15) is 10.1 Å². The average molecular weight is 346 g/mol. The first-order valence-electron chi connectivity index (χ1n) is 6.22. The number of nitriles is 1. The average Bonchev–Trinajstić information content (AvgIpc) is 2.47. The van der Waals surface area contributed by atoms with Crippen LogP contribution in [0.2, 0.25) is 0 Å². The van der Waals surface area contributed by atoms with Crippen molar-refractivity contribution >= 4 is 27.3 Å². The molecule has 0 saturated carbocycles. The maximum absolute atomic E-state index is 10.8. The minimum Gasteiger partial charge on any atom is -0.378 e. The minimum absolute atomic E-state index is 0.0195. The van der Waals surface area contributed by atoms with Gasteiger partial charge in [-0.2, -0.15) is 5.26 Å². The van der Waals surface area contributed by atoms with E-state index in [1.165, 1.54) is 6.07 Å². The first-order valence-corrected chi connectivity index (χ1v) is 7.01. The molecule has 0 fully saturated rings. The molecule has 0 radical (unpaired) electrons. The van der Waals surface area contributed by atoms with Crippen LogP contribution in [0.5, 0.6) is 0 Å². The second kappa shape index (κ2) is 6.37. The van der Waals surface area contributed by atoms with Gasteiger partial charge in [0.05, 0.1) is 21.0 Å². The van der Waals surface area contributed by atoms with Crippen molar-refractivity contribution in [3.63, 3.8) is 0 Å². The Balaban J connectivity index is 2.15. The van der Waals surface area contributed by atoms with E-state index >= 15 is 0 Å². The molecule has 0 aliphatic carbocycles. The molecule has 1 unspecified atom stereocenters. The molecule has 0 heterocycles. The normalized spacial score (nSPS) is 11.5. The molecule has 0 spiro atoms. The number of hydrogen-bond acceptors (Lipinski definition) is 4. The highest BCUT2D eigenvalue weighted by atomic mass is 79.9. The molecule has 6 heteroatoms. The lowest BCUT2D eigenvalue weighted by molar-refractivity contribution is -0.385. The zero-order valence-electron chi connectivity index (χ0n) is 11.2. The van der Waals surface area contributed by atoms with Crippen LogP contribution < -0.4 is 5.32 Å². The van der Waals surface area contributed by atoms with Crippen molar-refractivity contribution in [3.8, 4) is 6.07 Å². The molecule has 1 atom stereocenters. The molecule has 2 aromatic rings. The molecule has 2 aromatic carbocycles. The number of nitro benzene ring substituents is 1. The monoisotopic (exact) mass is 345 g/mol. The fourth-order valence-corrected chi connectivity index (χ4v) is 2.45. The topological polar surface area (TPSA) is 79.0 Å². The van der Waals surface area contributed by atoms with E-state index in [2.05, 4.69) is 27.3 Å². The van der Waals surface area contributed by atoms with Crippen LogP contribution in [-0.4, -0.2) is 4.92 Å². The Morgan fingerprint density at radius 1 is 1.29 bits per heavy atom. The predicted molar refractivity (Wildman–Crippen MR) is 84.0 cm³/mol. The van der Waals surface area contributed by atoms with Gasteiger partial charge >= 0.3 is 0 Å². The molecule has 0 amide bonds. The van der Waals surface area contributed by atoms with Crippen molar-refractivity contribution in [2.45, 2.75) is 13.0 Å². The first kappa shape index (κ1) is 15.0. The van der Waals surface area contributed by atoms with E-state index in [1.54, 1.807) is 24.3 Å². The van der Waals surface area contributed by atoms with Crippen LogP contribution >= 0.6 is 15.9 Å². The highest BCUT2D eigenvalue weighted by Gasteiger charge is 2.13. The van der Waals surface area contributed by atoms with Crippen molar-refractivity contribution in [3.05, 3.63) is 68.2 Å². The highest BCUT2D eigenvalue weighted by Crippen LogP contribution is 2.29. The van der Waals surface area contributed by atoms with Crippen LogP contribution in [0.3, 0.4) is 0 Å². The number of halogens is 1. The Morgan fingerprint density at radius 3 is 2.48 bits per heavy atom.